The normalized spacial score (nSPS) is 24.7. The summed E-state index contributed by atoms with van der Waals surface area (Å²) in [6, 6.07) is 19.5. The molecule has 1 atom stereocenters. The summed E-state index contributed by atoms with van der Waals surface area (Å²) in [5.74, 6) is 0. The predicted octanol–water partition coefficient (Wildman–Crippen LogP) is 6.69. The quantitative estimate of drug-likeness (QED) is 0.445. The summed E-state index contributed by atoms with van der Waals surface area (Å²) in [6.45, 7) is 8.46. The highest BCUT2D eigenvalue weighted by atomic mass is 15.2. The van der Waals surface area contributed by atoms with Crippen molar-refractivity contribution >= 4 is 11.4 Å². The van der Waals surface area contributed by atoms with Crippen molar-refractivity contribution in [2.75, 3.05) is 4.90 Å². The lowest BCUT2D eigenvalue weighted by atomic mass is 9.74. The minimum absolute atomic E-state index is 0.0819. The molecule has 0 radical (unpaired) electrons. The Morgan fingerprint density at radius 3 is 2.35 bits per heavy atom. The van der Waals surface area contributed by atoms with Crippen LogP contribution in [0.4, 0.5) is 11.4 Å². The van der Waals surface area contributed by atoms with E-state index in [0.717, 1.165) is 6.42 Å². The van der Waals surface area contributed by atoms with E-state index in [-0.39, 0.29) is 10.8 Å². The summed E-state index contributed by atoms with van der Waals surface area (Å²) in [5.41, 5.74) is 5.28. The number of nitrogens with zero attached hydrogens (tertiary/aromatic N) is 1. The van der Waals surface area contributed by atoms with Crippen molar-refractivity contribution in [3.8, 4) is 0 Å². The summed E-state index contributed by atoms with van der Waals surface area (Å²) < 4.78 is 0. The Hall–Kier alpha value is -2.80. The topological polar surface area (TPSA) is 3.24 Å². The number of hydrogen-bond donors (Lipinski definition) is 0. The number of para-hydroxylation sites is 2. The van der Waals surface area contributed by atoms with E-state index >= 15 is 0 Å². The Bertz CT molecular complexity index is 914. The maximum Gasteiger partial charge on any atom is 0.0567 e. The van der Waals surface area contributed by atoms with Crippen LogP contribution in [0.15, 0.2) is 103 Å². The second-order valence-corrected chi connectivity index (χ2v) is 7.83. The van der Waals surface area contributed by atoms with E-state index in [4.69, 9.17) is 0 Å². The van der Waals surface area contributed by atoms with E-state index in [1.165, 1.54) is 22.6 Å². The van der Waals surface area contributed by atoms with Crippen molar-refractivity contribution in [3.63, 3.8) is 0 Å². The first-order chi connectivity index (χ1) is 12.6. The molecule has 1 heterocycles. The van der Waals surface area contributed by atoms with Gasteiger partial charge in [-0.3, -0.25) is 0 Å². The molecule has 0 saturated heterocycles. The Kier molecular flexibility index (Phi) is 3.96. The summed E-state index contributed by atoms with van der Waals surface area (Å²) in [5, 5.41) is 0. The summed E-state index contributed by atoms with van der Waals surface area (Å²) >= 11 is 0. The molecule has 0 fully saturated rings. The summed E-state index contributed by atoms with van der Waals surface area (Å²) in [7, 11) is 0. The number of benzene rings is 2. The van der Waals surface area contributed by atoms with Gasteiger partial charge in [-0.15, -0.1) is 0 Å². The van der Waals surface area contributed by atoms with E-state index in [9.17, 15) is 0 Å². The first kappa shape index (κ1) is 16.7. The summed E-state index contributed by atoms with van der Waals surface area (Å²) in [4.78, 5) is 2.41. The van der Waals surface area contributed by atoms with Gasteiger partial charge in [0.15, 0.2) is 0 Å². The SMILES string of the molecule is C=C/C=C\C=C1/N(c2ccccc2)c2ccccc2C12C=CC(C)(C)C2. The standard InChI is InChI=1S/C25H25N/c1-4-5-7-16-23-25(18-17-24(2,3)19-25)21-14-10-11-15-22(21)26(23)20-12-8-6-9-13-20/h4-18H,1,19H2,2-3H3/b7-5-,23-16-. The van der Waals surface area contributed by atoms with E-state index < -0.39 is 0 Å². The van der Waals surface area contributed by atoms with Crippen LogP contribution in [-0.2, 0) is 5.41 Å². The molecule has 0 amide bonds. The Labute approximate surface area is 156 Å². The maximum absolute atomic E-state index is 3.81. The number of anilines is 2. The largest absolute Gasteiger partial charge is 0.313 e. The Balaban J connectivity index is 1.97. The molecular formula is C25H25N. The van der Waals surface area contributed by atoms with Gasteiger partial charge in [-0.25, -0.2) is 0 Å². The van der Waals surface area contributed by atoms with Gasteiger partial charge in [0.1, 0.15) is 0 Å². The fraction of sp³-hybridized carbons (Fsp3) is 0.200. The third kappa shape index (κ3) is 2.55. The molecule has 1 spiro atoms. The smallest absolute Gasteiger partial charge is 0.0567 e. The van der Waals surface area contributed by atoms with Gasteiger partial charge in [0.25, 0.3) is 0 Å². The fourth-order valence-corrected chi connectivity index (χ4v) is 4.38. The number of allylic oxidation sites excluding steroid dienone is 6. The zero-order valence-electron chi connectivity index (χ0n) is 15.5. The molecule has 0 N–H and O–H groups in total. The Morgan fingerprint density at radius 1 is 0.923 bits per heavy atom. The van der Waals surface area contributed by atoms with Crippen LogP contribution < -0.4 is 4.90 Å². The average molecular weight is 339 g/mol. The van der Waals surface area contributed by atoms with Crippen molar-refractivity contribution in [1.29, 1.82) is 0 Å². The second kappa shape index (κ2) is 6.17. The molecule has 1 aliphatic carbocycles. The third-order valence-corrected chi connectivity index (χ3v) is 5.39. The zero-order valence-corrected chi connectivity index (χ0v) is 15.5. The minimum Gasteiger partial charge on any atom is -0.313 e. The molecule has 2 aromatic carbocycles. The molecule has 1 unspecified atom stereocenters. The molecule has 0 aromatic heterocycles. The van der Waals surface area contributed by atoms with Crippen LogP contribution in [0.5, 0.6) is 0 Å². The molecule has 2 aliphatic rings. The van der Waals surface area contributed by atoms with Gasteiger partial charge in [-0.2, -0.15) is 0 Å². The van der Waals surface area contributed by atoms with Crippen molar-refractivity contribution in [2.24, 2.45) is 5.41 Å². The number of hydrogen-bond acceptors (Lipinski definition) is 1. The van der Waals surface area contributed by atoms with Gasteiger partial charge in [0.05, 0.1) is 11.1 Å². The van der Waals surface area contributed by atoms with Crippen LogP contribution in [-0.4, -0.2) is 0 Å². The van der Waals surface area contributed by atoms with Crippen LogP contribution in [0.3, 0.4) is 0 Å². The van der Waals surface area contributed by atoms with E-state index in [0.29, 0.717) is 0 Å². The Morgan fingerprint density at radius 2 is 1.65 bits per heavy atom. The highest BCUT2D eigenvalue weighted by Crippen LogP contribution is 2.59. The zero-order chi connectivity index (χ0) is 18.2. The van der Waals surface area contributed by atoms with Crippen molar-refractivity contribution < 1.29 is 0 Å². The van der Waals surface area contributed by atoms with Crippen molar-refractivity contribution in [2.45, 2.75) is 25.7 Å². The molecule has 1 nitrogen and oxygen atoms in total. The predicted molar refractivity (Wildman–Crippen MR) is 112 cm³/mol. The van der Waals surface area contributed by atoms with Gasteiger partial charge in [0, 0.05) is 11.4 Å². The lowest BCUT2D eigenvalue weighted by molar-refractivity contribution is 0.403. The molecule has 130 valence electrons. The van der Waals surface area contributed by atoms with Crippen LogP contribution in [0, 0.1) is 5.41 Å². The van der Waals surface area contributed by atoms with E-state index in [1.807, 2.05) is 12.2 Å². The molecule has 1 heteroatoms. The summed E-state index contributed by atoms with van der Waals surface area (Å²) in [6.07, 6.45) is 14.1. The molecule has 26 heavy (non-hydrogen) atoms. The molecule has 4 rings (SSSR count). The van der Waals surface area contributed by atoms with Crippen LogP contribution in [0.25, 0.3) is 0 Å². The van der Waals surface area contributed by atoms with Crippen LogP contribution >= 0.6 is 0 Å². The molecule has 0 bridgehead atoms. The lowest BCUT2D eigenvalue weighted by Crippen LogP contribution is -2.28. The lowest BCUT2D eigenvalue weighted by Gasteiger charge is -2.31. The molecule has 2 aromatic rings. The van der Waals surface area contributed by atoms with Gasteiger partial charge < -0.3 is 4.90 Å². The average Bonchev–Trinajstić information content (AvgIpc) is 3.11. The highest BCUT2D eigenvalue weighted by Gasteiger charge is 2.50. The monoisotopic (exact) mass is 339 g/mol. The first-order valence-electron chi connectivity index (χ1n) is 9.22. The molecule has 1 aliphatic heterocycles. The van der Waals surface area contributed by atoms with E-state index in [1.54, 1.807) is 0 Å². The molecule has 0 saturated carbocycles. The van der Waals surface area contributed by atoms with Gasteiger partial charge in [0.2, 0.25) is 0 Å². The van der Waals surface area contributed by atoms with Crippen LogP contribution in [0.1, 0.15) is 25.8 Å². The third-order valence-electron chi connectivity index (χ3n) is 5.39. The molecular weight excluding hydrogens is 314 g/mol. The maximum atomic E-state index is 3.81. The van der Waals surface area contributed by atoms with Gasteiger partial charge in [-0.1, -0.05) is 87.2 Å². The number of rotatable bonds is 3. The van der Waals surface area contributed by atoms with Gasteiger partial charge >= 0.3 is 0 Å². The highest BCUT2D eigenvalue weighted by molar-refractivity contribution is 5.82. The van der Waals surface area contributed by atoms with Crippen molar-refractivity contribution in [3.05, 3.63) is 109 Å². The van der Waals surface area contributed by atoms with Gasteiger partial charge in [-0.05, 0) is 41.7 Å². The minimum atomic E-state index is -0.0819. The van der Waals surface area contributed by atoms with E-state index in [2.05, 4.69) is 104 Å². The fourth-order valence-electron chi connectivity index (χ4n) is 4.38. The van der Waals surface area contributed by atoms with Crippen molar-refractivity contribution in [1.82, 2.24) is 0 Å². The van der Waals surface area contributed by atoms with Crippen LogP contribution in [0.2, 0.25) is 0 Å². The first-order valence-corrected chi connectivity index (χ1v) is 9.22. The second-order valence-electron chi connectivity index (χ2n) is 7.83. The number of fused-ring (bicyclic) bond motifs is 2.